The molecule has 1 unspecified atom stereocenters. The smallest absolute Gasteiger partial charge is 0.433 e. The highest BCUT2D eigenvalue weighted by atomic mass is 127. The highest BCUT2D eigenvalue weighted by Crippen LogP contribution is 2.45. The first-order valence-electron chi connectivity index (χ1n) is 5.33. The summed E-state index contributed by atoms with van der Waals surface area (Å²) >= 11 is 1.91. The van der Waals surface area contributed by atoms with Crippen molar-refractivity contribution < 1.29 is 27.1 Å². The second-order valence-electron chi connectivity index (χ2n) is 4.11. The molecule has 1 aliphatic heterocycles. The molecule has 7 heteroatoms. The molecule has 0 N–H and O–H groups in total. The van der Waals surface area contributed by atoms with Crippen LogP contribution in [0.25, 0.3) is 0 Å². The molecule has 0 saturated carbocycles. The van der Waals surface area contributed by atoms with E-state index in [4.69, 9.17) is 0 Å². The topological polar surface area (TPSA) is 26.3 Å². The lowest BCUT2D eigenvalue weighted by Crippen LogP contribution is -2.45. The van der Waals surface area contributed by atoms with Crippen molar-refractivity contribution in [3.05, 3.63) is 0 Å². The molecule has 0 aromatic carbocycles. The van der Waals surface area contributed by atoms with Gasteiger partial charge in [-0.15, -0.1) is 0 Å². The third-order valence-corrected chi connectivity index (χ3v) is 4.18. The Balaban J connectivity index is 2.70. The number of halogens is 5. The van der Waals surface area contributed by atoms with Gasteiger partial charge in [0.1, 0.15) is 6.10 Å². The van der Waals surface area contributed by atoms with Gasteiger partial charge in [-0.05, 0) is 6.42 Å². The van der Waals surface area contributed by atoms with Crippen LogP contribution in [0.2, 0.25) is 0 Å². The molecule has 3 atom stereocenters. The molecule has 0 aromatic rings. The van der Waals surface area contributed by atoms with Crippen molar-refractivity contribution >= 4 is 28.6 Å². The van der Waals surface area contributed by atoms with Crippen molar-refractivity contribution in [2.45, 2.75) is 54.5 Å². The van der Waals surface area contributed by atoms with Gasteiger partial charge < -0.3 is 4.74 Å². The number of carbonyl (C=O) groups excluding carboxylic acids is 1. The Bertz CT molecular complexity index is 295. The fraction of sp³-hybridized carbons (Fsp3) is 0.900. The molecule has 0 radical (unpaired) electrons. The lowest BCUT2D eigenvalue weighted by molar-refractivity contribution is -0.226. The van der Waals surface area contributed by atoms with Gasteiger partial charge in [-0.1, -0.05) is 42.4 Å². The number of rotatable bonds is 4. The Morgan fingerprint density at radius 3 is 2.59 bits per heavy atom. The van der Waals surface area contributed by atoms with E-state index in [0.29, 0.717) is 6.42 Å². The summed E-state index contributed by atoms with van der Waals surface area (Å²) < 4.78 is 55.0. The van der Waals surface area contributed by atoms with Gasteiger partial charge in [0, 0.05) is 10.3 Å². The summed E-state index contributed by atoms with van der Waals surface area (Å²) in [5.41, 5.74) is -3.83. The van der Waals surface area contributed by atoms with Crippen LogP contribution in [0.5, 0.6) is 0 Å². The summed E-state index contributed by atoms with van der Waals surface area (Å²) in [5.74, 6) is -1.80. The summed E-state index contributed by atoms with van der Waals surface area (Å²) in [4.78, 5) is 11.0. The maximum atomic E-state index is 13.5. The second-order valence-corrected chi connectivity index (χ2v) is 5.70. The Kier molecular flexibility index (Phi) is 4.65. The van der Waals surface area contributed by atoms with Gasteiger partial charge in [-0.2, -0.15) is 13.2 Å². The van der Waals surface area contributed by atoms with E-state index in [-0.39, 0.29) is 3.92 Å². The van der Waals surface area contributed by atoms with Crippen molar-refractivity contribution in [1.82, 2.24) is 0 Å². The number of hydrogen-bond donors (Lipinski definition) is 0. The Morgan fingerprint density at radius 2 is 2.18 bits per heavy atom. The van der Waals surface area contributed by atoms with Crippen LogP contribution >= 0.6 is 22.6 Å². The number of unbranched alkanes of at least 4 members (excludes halogenated alkanes) is 1. The molecule has 17 heavy (non-hydrogen) atoms. The summed E-state index contributed by atoms with van der Waals surface area (Å²) in [6.07, 6.45) is -4.79. The monoisotopic (exact) mass is 368 g/mol. The Hall–Kier alpha value is -0.0800. The van der Waals surface area contributed by atoms with E-state index < -0.39 is 30.3 Å². The largest absolute Gasteiger partial charge is 0.458 e. The molecule has 1 aliphatic rings. The second kappa shape index (κ2) is 5.27. The fourth-order valence-corrected chi connectivity index (χ4v) is 2.49. The van der Waals surface area contributed by atoms with Crippen molar-refractivity contribution in [3.8, 4) is 0 Å². The lowest BCUT2D eigenvalue weighted by atomic mass is 9.98. The van der Waals surface area contributed by atoms with Crippen LogP contribution in [-0.4, -0.2) is 27.8 Å². The molecule has 0 aromatic heterocycles. The average Bonchev–Trinajstić information content (AvgIpc) is 2.52. The van der Waals surface area contributed by atoms with E-state index in [1.807, 2.05) is 29.5 Å². The van der Waals surface area contributed by atoms with Crippen LogP contribution < -0.4 is 0 Å². The van der Waals surface area contributed by atoms with Crippen molar-refractivity contribution in [2.75, 3.05) is 0 Å². The van der Waals surface area contributed by atoms with E-state index in [1.165, 1.54) is 0 Å². The molecule has 0 amide bonds. The minimum Gasteiger partial charge on any atom is -0.458 e. The number of carbonyl (C=O) groups is 1. The van der Waals surface area contributed by atoms with Crippen LogP contribution in [0.3, 0.4) is 0 Å². The number of hydrogen-bond acceptors (Lipinski definition) is 2. The molecule has 0 bridgehead atoms. The van der Waals surface area contributed by atoms with E-state index in [9.17, 15) is 22.4 Å². The summed E-state index contributed by atoms with van der Waals surface area (Å²) in [6.45, 7) is 1.94. The predicted molar refractivity (Wildman–Crippen MR) is 61.7 cm³/mol. The normalized spacial score (nSPS) is 31.4. The van der Waals surface area contributed by atoms with Crippen molar-refractivity contribution in [3.63, 3.8) is 0 Å². The fourth-order valence-electron chi connectivity index (χ4n) is 1.65. The van der Waals surface area contributed by atoms with Crippen LogP contribution in [0.15, 0.2) is 0 Å². The van der Waals surface area contributed by atoms with Crippen LogP contribution in [-0.2, 0) is 9.53 Å². The first kappa shape index (κ1) is 15.0. The third kappa shape index (κ3) is 3.03. The summed E-state index contributed by atoms with van der Waals surface area (Å²) in [5, 5.41) is 0. The number of esters is 1. The first-order valence-corrected chi connectivity index (χ1v) is 6.57. The zero-order valence-electron chi connectivity index (χ0n) is 9.19. The number of ether oxygens (including phenoxy) is 1. The first-order chi connectivity index (χ1) is 7.72. The number of alkyl halides is 5. The minimum absolute atomic E-state index is 0.281. The van der Waals surface area contributed by atoms with Gasteiger partial charge in [0.15, 0.2) is 0 Å². The van der Waals surface area contributed by atoms with Gasteiger partial charge in [0.2, 0.25) is 0 Å². The average molecular weight is 368 g/mol. The van der Waals surface area contributed by atoms with E-state index in [0.717, 1.165) is 12.8 Å². The maximum Gasteiger partial charge on any atom is 0.433 e. The number of cyclic esters (lactones) is 1. The molecule has 1 rings (SSSR count). The summed E-state index contributed by atoms with van der Waals surface area (Å²) in [6, 6.07) is 0. The minimum atomic E-state index is -5.19. The molecule has 0 aliphatic carbocycles. The van der Waals surface area contributed by atoms with Crippen LogP contribution in [0, 0.1) is 0 Å². The molecule has 1 fully saturated rings. The van der Waals surface area contributed by atoms with Gasteiger partial charge in [0.25, 0.3) is 0 Å². The predicted octanol–water partition coefficient (Wildman–Crippen LogP) is 3.57. The zero-order valence-corrected chi connectivity index (χ0v) is 11.3. The van der Waals surface area contributed by atoms with Gasteiger partial charge in [0.05, 0.1) is 0 Å². The van der Waals surface area contributed by atoms with E-state index >= 15 is 0 Å². The SMILES string of the molecule is CCCCC(I)[C@H]1C[C@](F)(C(F)(F)F)C(=O)O1. The molecule has 1 saturated heterocycles. The molecule has 100 valence electrons. The molecular formula is C10H13F4IO2. The van der Waals surface area contributed by atoms with E-state index in [2.05, 4.69) is 4.74 Å². The Morgan fingerprint density at radius 1 is 1.59 bits per heavy atom. The third-order valence-electron chi connectivity index (χ3n) is 2.75. The Labute approximate surface area is 110 Å². The molecular weight excluding hydrogens is 355 g/mol. The summed E-state index contributed by atoms with van der Waals surface area (Å²) in [7, 11) is 0. The highest BCUT2D eigenvalue weighted by molar-refractivity contribution is 14.1. The zero-order chi connectivity index (χ0) is 13.3. The quantitative estimate of drug-likeness (QED) is 0.328. The van der Waals surface area contributed by atoms with Gasteiger partial charge >= 0.3 is 17.8 Å². The van der Waals surface area contributed by atoms with Crippen molar-refractivity contribution in [2.24, 2.45) is 0 Å². The highest BCUT2D eigenvalue weighted by Gasteiger charge is 2.68. The standard InChI is InChI=1S/C10H13F4IO2/c1-2-3-4-6(15)7-5-9(11,8(16)17-7)10(12,13)14/h6-7H,2-5H2,1H3/t6?,7-,9-/m1/s1. The molecule has 2 nitrogen and oxygen atoms in total. The van der Waals surface area contributed by atoms with Crippen LogP contribution in [0.4, 0.5) is 17.6 Å². The van der Waals surface area contributed by atoms with Crippen LogP contribution in [0.1, 0.15) is 32.6 Å². The van der Waals surface area contributed by atoms with Gasteiger partial charge in [-0.3, -0.25) is 0 Å². The molecule has 0 spiro atoms. The molecule has 1 heterocycles. The van der Waals surface area contributed by atoms with E-state index in [1.54, 1.807) is 0 Å². The van der Waals surface area contributed by atoms with Gasteiger partial charge in [-0.25, -0.2) is 9.18 Å². The lowest BCUT2D eigenvalue weighted by Gasteiger charge is -2.19. The van der Waals surface area contributed by atoms with Crippen molar-refractivity contribution in [1.29, 1.82) is 0 Å². The maximum absolute atomic E-state index is 13.5.